The van der Waals surface area contributed by atoms with Gasteiger partial charge in [-0.1, -0.05) is 23.4 Å². The van der Waals surface area contributed by atoms with Crippen LogP contribution in [0, 0.1) is 0 Å². The molecule has 1 atom stereocenters. The van der Waals surface area contributed by atoms with Crippen LogP contribution < -0.4 is 5.32 Å². The van der Waals surface area contributed by atoms with Crippen molar-refractivity contribution in [2.24, 2.45) is 4.99 Å². The van der Waals surface area contributed by atoms with Crippen LogP contribution >= 0.6 is 23.4 Å². The third kappa shape index (κ3) is 4.24. The topological polar surface area (TPSA) is 61.8 Å². The third-order valence-electron chi connectivity index (χ3n) is 3.26. The molecule has 5 nitrogen and oxygen atoms in total. The zero-order valence-electron chi connectivity index (χ0n) is 12.5. The van der Waals surface area contributed by atoms with E-state index < -0.39 is 5.25 Å². The lowest BCUT2D eigenvalue weighted by atomic mass is 10.2. The SMILES string of the molecule is CCN(CC)C1=NC(=O)[C@@H](CC(=O)Nc2ccc(Cl)cc2)S1. The smallest absolute Gasteiger partial charge is 0.262 e. The van der Waals surface area contributed by atoms with Gasteiger partial charge in [0.05, 0.1) is 0 Å². The maximum Gasteiger partial charge on any atom is 0.262 e. The van der Waals surface area contributed by atoms with Gasteiger partial charge in [-0.25, -0.2) is 0 Å². The van der Waals surface area contributed by atoms with Crippen molar-refractivity contribution in [1.82, 2.24) is 4.90 Å². The average Bonchev–Trinajstić information content (AvgIpc) is 2.84. The van der Waals surface area contributed by atoms with E-state index in [9.17, 15) is 9.59 Å². The van der Waals surface area contributed by atoms with Crippen LogP contribution in [0.2, 0.25) is 5.02 Å². The van der Waals surface area contributed by atoms with Crippen molar-refractivity contribution in [3.05, 3.63) is 29.3 Å². The summed E-state index contributed by atoms with van der Waals surface area (Å²) in [5.41, 5.74) is 0.662. The third-order valence-corrected chi connectivity index (χ3v) is 4.73. The minimum atomic E-state index is -0.442. The molecule has 0 spiro atoms. The quantitative estimate of drug-likeness (QED) is 0.895. The fraction of sp³-hybridized carbons (Fsp3) is 0.400. The first-order valence-electron chi connectivity index (χ1n) is 7.13. The minimum Gasteiger partial charge on any atom is -0.352 e. The number of amides is 2. The molecule has 2 rings (SSSR count). The summed E-state index contributed by atoms with van der Waals surface area (Å²) in [6.45, 7) is 5.61. The Balaban J connectivity index is 1.90. The van der Waals surface area contributed by atoms with Gasteiger partial charge in [0.15, 0.2) is 5.17 Å². The summed E-state index contributed by atoms with van der Waals surface area (Å²) >= 11 is 7.16. The van der Waals surface area contributed by atoms with Gasteiger partial charge >= 0.3 is 0 Å². The molecule has 1 aromatic rings. The fourth-order valence-corrected chi connectivity index (χ4v) is 3.37. The normalized spacial score (nSPS) is 17.3. The standard InChI is InChI=1S/C15H18ClN3O2S/c1-3-19(4-2)15-18-14(21)12(22-15)9-13(20)17-11-7-5-10(16)6-8-11/h5-8,12H,3-4,9H2,1-2H3,(H,17,20)/t12-/m1/s1. The van der Waals surface area contributed by atoms with E-state index in [1.54, 1.807) is 24.3 Å². The number of amidine groups is 1. The molecule has 1 heterocycles. The number of rotatable bonds is 5. The number of benzene rings is 1. The lowest BCUT2D eigenvalue weighted by Gasteiger charge is -2.19. The Morgan fingerprint density at radius 3 is 2.55 bits per heavy atom. The van der Waals surface area contributed by atoms with Crippen LogP contribution in [0.5, 0.6) is 0 Å². The van der Waals surface area contributed by atoms with Crippen molar-refractivity contribution in [2.75, 3.05) is 18.4 Å². The number of thioether (sulfide) groups is 1. The summed E-state index contributed by atoms with van der Waals surface area (Å²) in [4.78, 5) is 30.0. The van der Waals surface area contributed by atoms with E-state index in [1.165, 1.54) is 11.8 Å². The molecule has 0 aromatic heterocycles. The van der Waals surface area contributed by atoms with Crippen molar-refractivity contribution >= 4 is 46.0 Å². The van der Waals surface area contributed by atoms with E-state index in [0.717, 1.165) is 13.1 Å². The zero-order valence-corrected chi connectivity index (χ0v) is 14.1. The fourth-order valence-electron chi connectivity index (χ4n) is 2.05. The van der Waals surface area contributed by atoms with Gasteiger partial charge in [0.1, 0.15) is 5.25 Å². The van der Waals surface area contributed by atoms with Gasteiger partial charge in [0, 0.05) is 30.2 Å². The van der Waals surface area contributed by atoms with Crippen LogP contribution in [0.1, 0.15) is 20.3 Å². The highest BCUT2D eigenvalue weighted by molar-refractivity contribution is 8.15. The summed E-state index contributed by atoms with van der Waals surface area (Å²) in [7, 11) is 0. The molecular weight excluding hydrogens is 322 g/mol. The van der Waals surface area contributed by atoms with Crippen LogP contribution in [0.3, 0.4) is 0 Å². The molecule has 0 aliphatic carbocycles. The van der Waals surface area contributed by atoms with Crippen molar-refractivity contribution in [2.45, 2.75) is 25.5 Å². The molecule has 1 aromatic carbocycles. The predicted molar refractivity (Wildman–Crippen MR) is 91.4 cm³/mol. The molecule has 0 fully saturated rings. The predicted octanol–water partition coefficient (Wildman–Crippen LogP) is 3.01. The first-order valence-corrected chi connectivity index (χ1v) is 8.38. The summed E-state index contributed by atoms with van der Waals surface area (Å²) < 4.78 is 0. The number of carbonyl (C=O) groups is 2. The first-order chi connectivity index (χ1) is 10.5. The average molecular weight is 340 g/mol. The molecule has 0 saturated carbocycles. The van der Waals surface area contributed by atoms with Gasteiger partial charge < -0.3 is 10.2 Å². The van der Waals surface area contributed by atoms with Crippen molar-refractivity contribution in [3.8, 4) is 0 Å². The summed E-state index contributed by atoms with van der Waals surface area (Å²) in [5.74, 6) is -0.442. The number of halogens is 1. The van der Waals surface area contributed by atoms with Gasteiger partial charge in [-0.2, -0.15) is 4.99 Å². The second kappa shape index (κ2) is 7.65. The van der Waals surface area contributed by atoms with Crippen molar-refractivity contribution in [3.63, 3.8) is 0 Å². The number of hydrogen-bond donors (Lipinski definition) is 1. The molecule has 0 bridgehead atoms. The van der Waals surface area contributed by atoms with Gasteiger partial charge in [-0.05, 0) is 38.1 Å². The lowest BCUT2D eigenvalue weighted by molar-refractivity contribution is -0.121. The first kappa shape index (κ1) is 16.8. The Kier molecular flexibility index (Phi) is 5.85. The minimum absolute atomic E-state index is 0.112. The highest BCUT2D eigenvalue weighted by Crippen LogP contribution is 2.27. The van der Waals surface area contributed by atoms with Crippen LogP contribution in [0.25, 0.3) is 0 Å². The largest absolute Gasteiger partial charge is 0.352 e. The highest BCUT2D eigenvalue weighted by Gasteiger charge is 2.32. The monoisotopic (exact) mass is 339 g/mol. The van der Waals surface area contributed by atoms with Gasteiger partial charge in [-0.15, -0.1) is 0 Å². The Morgan fingerprint density at radius 2 is 1.95 bits per heavy atom. The molecule has 7 heteroatoms. The Bertz CT molecular complexity index is 585. The Labute approximate surface area is 139 Å². The van der Waals surface area contributed by atoms with E-state index in [-0.39, 0.29) is 18.2 Å². The molecule has 2 amide bonds. The molecule has 1 aliphatic heterocycles. The van der Waals surface area contributed by atoms with Crippen LogP contribution in [-0.4, -0.2) is 40.2 Å². The maximum atomic E-state index is 12.0. The summed E-state index contributed by atoms with van der Waals surface area (Å²) in [6, 6.07) is 6.85. The van der Waals surface area contributed by atoms with E-state index in [1.807, 2.05) is 18.7 Å². The Hall–Kier alpha value is -1.53. The molecular formula is C15H18ClN3O2S. The number of nitrogens with zero attached hydrogens (tertiary/aromatic N) is 2. The zero-order chi connectivity index (χ0) is 16.1. The molecule has 1 aliphatic rings. The highest BCUT2D eigenvalue weighted by atomic mass is 35.5. The van der Waals surface area contributed by atoms with Crippen molar-refractivity contribution in [1.29, 1.82) is 0 Å². The maximum absolute atomic E-state index is 12.0. The van der Waals surface area contributed by atoms with E-state index in [0.29, 0.717) is 15.9 Å². The second-order valence-corrected chi connectivity index (χ2v) is 6.38. The molecule has 22 heavy (non-hydrogen) atoms. The van der Waals surface area contributed by atoms with Crippen LogP contribution in [0.4, 0.5) is 5.69 Å². The molecule has 1 N–H and O–H groups in total. The number of nitrogens with one attached hydrogen (secondary N) is 1. The molecule has 0 saturated heterocycles. The summed E-state index contributed by atoms with van der Waals surface area (Å²) in [6.07, 6.45) is 0.112. The molecule has 0 unspecified atom stereocenters. The van der Waals surface area contributed by atoms with Crippen molar-refractivity contribution < 1.29 is 9.59 Å². The van der Waals surface area contributed by atoms with Gasteiger partial charge in [0.25, 0.3) is 5.91 Å². The molecule has 118 valence electrons. The second-order valence-electron chi connectivity index (χ2n) is 4.77. The van der Waals surface area contributed by atoms with Gasteiger partial charge in [-0.3, -0.25) is 9.59 Å². The number of carbonyl (C=O) groups excluding carboxylic acids is 2. The number of aliphatic imine (C=N–C) groups is 1. The van der Waals surface area contributed by atoms with Crippen LogP contribution in [-0.2, 0) is 9.59 Å². The van der Waals surface area contributed by atoms with E-state index >= 15 is 0 Å². The van der Waals surface area contributed by atoms with Gasteiger partial charge in [0.2, 0.25) is 5.91 Å². The number of anilines is 1. The van der Waals surface area contributed by atoms with E-state index in [2.05, 4.69) is 10.3 Å². The van der Waals surface area contributed by atoms with Crippen LogP contribution in [0.15, 0.2) is 29.3 Å². The number of hydrogen-bond acceptors (Lipinski definition) is 4. The Morgan fingerprint density at radius 1 is 1.32 bits per heavy atom. The summed E-state index contributed by atoms with van der Waals surface area (Å²) in [5, 5.41) is 3.64. The lowest BCUT2D eigenvalue weighted by Crippen LogP contribution is -2.27. The van der Waals surface area contributed by atoms with E-state index in [4.69, 9.17) is 11.6 Å². The molecule has 0 radical (unpaired) electrons.